The minimum atomic E-state index is -3.74. The van der Waals surface area contributed by atoms with Crippen molar-refractivity contribution in [1.82, 2.24) is 10.0 Å². The average Bonchev–Trinajstić information content (AvgIpc) is 2.80. The largest absolute Gasteiger partial charge is 0.445 e. The fraction of sp³-hybridized carbons (Fsp3) is 0.308. The van der Waals surface area contributed by atoms with Gasteiger partial charge in [0.2, 0.25) is 15.9 Å². The van der Waals surface area contributed by atoms with E-state index in [4.69, 9.17) is 4.74 Å². The summed E-state index contributed by atoms with van der Waals surface area (Å²) in [6.07, 6.45) is -0.700. The third-order valence-corrected chi connectivity index (χ3v) is 6.97. The van der Waals surface area contributed by atoms with Crippen LogP contribution in [-0.4, -0.2) is 32.5 Å². The van der Waals surface area contributed by atoms with Crippen LogP contribution in [-0.2, 0) is 26.2 Å². The number of anilines is 1. The first kappa shape index (κ1) is 26.2. The fourth-order valence-corrected chi connectivity index (χ4v) is 5.11. The van der Waals surface area contributed by atoms with Gasteiger partial charge < -0.3 is 15.4 Å². The third kappa shape index (κ3) is 6.80. The van der Waals surface area contributed by atoms with E-state index >= 15 is 0 Å². The lowest BCUT2D eigenvalue weighted by Gasteiger charge is -2.22. The minimum Gasteiger partial charge on any atom is -0.445 e. The number of rotatable bonds is 9. The van der Waals surface area contributed by atoms with E-state index in [9.17, 15) is 18.0 Å². The highest BCUT2D eigenvalue weighted by Crippen LogP contribution is 2.29. The molecular formula is C26H31N3O5S. The first-order valence-corrected chi connectivity index (χ1v) is 12.9. The zero-order valence-electron chi connectivity index (χ0n) is 20.2. The van der Waals surface area contributed by atoms with Crippen molar-refractivity contribution in [2.24, 2.45) is 5.92 Å². The molecule has 0 heterocycles. The summed E-state index contributed by atoms with van der Waals surface area (Å²) >= 11 is 0. The number of carbonyl (C=O) groups excluding carboxylic acids is 2. The molecule has 2 amide bonds. The first-order chi connectivity index (χ1) is 16.6. The highest BCUT2D eigenvalue weighted by Gasteiger charge is 2.26. The summed E-state index contributed by atoms with van der Waals surface area (Å²) in [4.78, 5) is 25.6. The molecule has 0 aromatic heterocycles. The summed E-state index contributed by atoms with van der Waals surface area (Å²) in [5, 5.41) is 6.53. The molecule has 0 fully saturated rings. The van der Waals surface area contributed by atoms with Gasteiger partial charge in [-0.1, -0.05) is 68.4 Å². The Morgan fingerprint density at radius 1 is 0.857 bits per heavy atom. The molecule has 186 valence electrons. The van der Waals surface area contributed by atoms with E-state index in [2.05, 4.69) is 15.4 Å². The standard InChI is InChI=1S/C26H31N3O5S/c1-17(2)24(28-26(31)34-16-19-10-6-5-7-11-19)25(30)27-22-14-8-13-21-20(22)12-9-15-23(21)35(32,33)29-18(3)4/h5-15,17-18,24,29H,16H2,1-4H3,(H,27,30)(H,28,31)/t24-/m1/s1. The number of nitrogens with one attached hydrogen (secondary N) is 3. The van der Waals surface area contributed by atoms with Gasteiger partial charge in [-0.05, 0) is 37.5 Å². The summed E-state index contributed by atoms with van der Waals surface area (Å²) < 4.78 is 33.5. The number of hydrogen-bond donors (Lipinski definition) is 3. The normalized spacial score (nSPS) is 12.5. The Morgan fingerprint density at radius 2 is 1.51 bits per heavy atom. The average molecular weight is 498 g/mol. The zero-order valence-corrected chi connectivity index (χ0v) is 21.1. The van der Waals surface area contributed by atoms with Crippen molar-refractivity contribution in [3.63, 3.8) is 0 Å². The molecule has 0 spiro atoms. The molecule has 0 unspecified atom stereocenters. The summed E-state index contributed by atoms with van der Waals surface area (Å²) in [5.74, 6) is -0.654. The van der Waals surface area contributed by atoms with Crippen LogP contribution >= 0.6 is 0 Å². The highest BCUT2D eigenvalue weighted by atomic mass is 32.2. The molecule has 0 bridgehead atoms. The van der Waals surface area contributed by atoms with Gasteiger partial charge in [-0.2, -0.15) is 0 Å². The Labute approximate surface area is 206 Å². The van der Waals surface area contributed by atoms with Gasteiger partial charge >= 0.3 is 6.09 Å². The van der Waals surface area contributed by atoms with Crippen molar-refractivity contribution in [1.29, 1.82) is 0 Å². The number of fused-ring (bicyclic) bond motifs is 1. The maximum atomic E-state index is 13.1. The molecule has 3 aromatic carbocycles. The van der Waals surface area contributed by atoms with Crippen LogP contribution in [0.3, 0.4) is 0 Å². The summed E-state index contributed by atoms with van der Waals surface area (Å²) in [6, 6.07) is 18.1. The van der Waals surface area contributed by atoms with E-state index in [-0.39, 0.29) is 23.5 Å². The maximum absolute atomic E-state index is 13.1. The molecule has 0 radical (unpaired) electrons. The number of ether oxygens (including phenoxy) is 1. The highest BCUT2D eigenvalue weighted by molar-refractivity contribution is 7.89. The zero-order chi connectivity index (χ0) is 25.6. The van der Waals surface area contributed by atoms with Crippen molar-refractivity contribution < 1.29 is 22.7 Å². The van der Waals surface area contributed by atoms with Crippen LogP contribution in [0.2, 0.25) is 0 Å². The second-order valence-electron chi connectivity index (χ2n) is 8.85. The van der Waals surface area contributed by atoms with Crippen LogP contribution in [0, 0.1) is 5.92 Å². The number of benzene rings is 3. The molecule has 0 aliphatic rings. The van der Waals surface area contributed by atoms with Crippen molar-refractivity contribution in [3.05, 3.63) is 72.3 Å². The lowest BCUT2D eigenvalue weighted by atomic mass is 10.0. The predicted molar refractivity (Wildman–Crippen MR) is 136 cm³/mol. The molecule has 35 heavy (non-hydrogen) atoms. The number of carbonyl (C=O) groups is 2. The molecule has 0 aliphatic carbocycles. The van der Waals surface area contributed by atoms with Crippen LogP contribution in [0.4, 0.5) is 10.5 Å². The SMILES string of the molecule is CC(C)NS(=O)(=O)c1cccc2c(NC(=O)[C@H](NC(=O)OCc3ccccc3)C(C)C)cccc12. The number of amides is 2. The molecule has 0 saturated carbocycles. The summed E-state index contributed by atoms with van der Waals surface area (Å²) in [7, 11) is -3.74. The van der Waals surface area contributed by atoms with Gasteiger partial charge in [-0.3, -0.25) is 4.79 Å². The molecule has 8 nitrogen and oxygen atoms in total. The Kier molecular flexibility index (Phi) is 8.48. The molecule has 3 N–H and O–H groups in total. The molecule has 0 aliphatic heterocycles. The Bertz CT molecular complexity index is 1290. The number of hydrogen-bond acceptors (Lipinski definition) is 5. The first-order valence-electron chi connectivity index (χ1n) is 11.4. The Morgan fingerprint density at radius 3 is 2.17 bits per heavy atom. The van der Waals surface area contributed by atoms with E-state index in [0.29, 0.717) is 16.5 Å². The number of sulfonamides is 1. The van der Waals surface area contributed by atoms with Gasteiger partial charge in [0.25, 0.3) is 0 Å². The fourth-order valence-electron chi connectivity index (χ4n) is 3.64. The molecule has 1 atom stereocenters. The lowest BCUT2D eigenvalue weighted by Crippen LogP contribution is -2.47. The van der Waals surface area contributed by atoms with E-state index in [0.717, 1.165) is 5.56 Å². The monoisotopic (exact) mass is 497 g/mol. The van der Waals surface area contributed by atoms with E-state index in [1.54, 1.807) is 44.2 Å². The van der Waals surface area contributed by atoms with Crippen molar-refractivity contribution >= 4 is 38.5 Å². The molecule has 0 saturated heterocycles. The molecule has 3 rings (SSSR count). The Balaban J connectivity index is 1.79. The second kappa shape index (κ2) is 11.3. The van der Waals surface area contributed by atoms with Crippen molar-refractivity contribution in [2.45, 2.75) is 51.3 Å². The molecule has 9 heteroatoms. The Hall–Kier alpha value is -3.43. The second-order valence-corrected chi connectivity index (χ2v) is 10.5. The topological polar surface area (TPSA) is 114 Å². The van der Waals surface area contributed by atoms with Crippen LogP contribution < -0.4 is 15.4 Å². The van der Waals surface area contributed by atoms with Gasteiger partial charge in [0.05, 0.1) is 4.90 Å². The maximum Gasteiger partial charge on any atom is 0.408 e. The lowest BCUT2D eigenvalue weighted by molar-refractivity contribution is -0.119. The predicted octanol–water partition coefficient (Wildman–Crippen LogP) is 4.42. The van der Waals surface area contributed by atoms with Crippen LogP contribution in [0.1, 0.15) is 33.3 Å². The van der Waals surface area contributed by atoms with Crippen molar-refractivity contribution in [3.8, 4) is 0 Å². The summed E-state index contributed by atoms with van der Waals surface area (Å²) in [5.41, 5.74) is 1.28. The van der Waals surface area contributed by atoms with Gasteiger partial charge in [-0.15, -0.1) is 0 Å². The third-order valence-electron chi connectivity index (χ3n) is 5.26. The quantitative estimate of drug-likeness (QED) is 0.405. The molecular weight excluding hydrogens is 466 g/mol. The number of alkyl carbamates (subject to hydrolysis) is 1. The van der Waals surface area contributed by atoms with Gasteiger partial charge in [0.1, 0.15) is 12.6 Å². The van der Waals surface area contributed by atoms with Gasteiger partial charge in [-0.25, -0.2) is 17.9 Å². The van der Waals surface area contributed by atoms with Crippen LogP contribution in [0.5, 0.6) is 0 Å². The minimum absolute atomic E-state index is 0.0874. The van der Waals surface area contributed by atoms with Gasteiger partial charge in [0.15, 0.2) is 0 Å². The van der Waals surface area contributed by atoms with Crippen LogP contribution in [0.25, 0.3) is 10.8 Å². The smallest absolute Gasteiger partial charge is 0.408 e. The van der Waals surface area contributed by atoms with E-state index < -0.39 is 28.1 Å². The van der Waals surface area contributed by atoms with E-state index in [1.807, 2.05) is 44.2 Å². The van der Waals surface area contributed by atoms with Crippen molar-refractivity contribution in [2.75, 3.05) is 5.32 Å². The summed E-state index contributed by atoms with van der Waals surface area (Å²) in [6.45, 7) is 7.21. The van der Waals surface area contributed by atoms with Crippen LogP contribution in [0.15, 0.2) is 71.6 Å². The molecule has 3 aromatic rings. The van der Waals surface area contributed by atoms with Gasteiger partial charge in [0, 0.05) is 22.5 Å². The van der Waals surface area contributed by atoms with E-state index in [1.165, 1.54) is 6.07 Å².